The largest absolute Gasteiger partial charge is 0.349 e. The van der Waals surface area contributed by atoms with Crippen LogP contribution >= 0.6 is 0 Å². The summed E-state index contributed by atoms with van der Waals surface area (Å²) in [6.07, 6.45) is 3.25. The van der Waals surface area contributed by atoms with E-state index in [2.05, 4.69) is 32.2 Å². The summed E-state index contributed by atoms with van der Waals surface area (Å²) in [6, 6.07) is 0. The molecule has 0 aromatic carbocycles. The average Bonchev–Trinajstić information content (AvgIpc) is 1.81. The third kappa shape index (κ3) is 0.838. The summed E-state index contributed by atoms with van der Waals surface area (Å²) in [6.45, 7) is 6.42. The fourth-order valence-electron chi connectivity index (χ4n) is 2.80. The number of carbonyl (C=O) groups is 1. The molecule has 66 valence electrons. The molecule has 1 fully saturated rings. The average molecular weight is 165 g/mol. The van der Waals surface area contributed by atoms with Crippen LogP contribution in [0.15, 0.2) is 11.6 Å². The van der Waals surface area contributed by atoms with E-state index < -0.39 is 0 Å². The van der Waals surface area contributed by atoms with Gasteiger partial charge in [-0.2, -0.15) is 0 Å². The summed E-state index contributed by atoms with van der Waals surface area (Å²) in [5, 5.41) is 3.00. The number of hydrogen-bond donors (Lipinski definition) is 1. The first-order chi connectivity index (χ1) is 5.53. The maximum Gasteiger partial charge on any atom is 0.226 e. The predicted octanol–water partition coefficient (Wildman–Crippen LogP) is 1.48. The molecule has 1 amide bonds. The van der Waals surface area contributed by atoms with Gasteiger partial charge in [0.2, 0.25) is 5.91 Å². The minimum Gasteiger partial charge on any atom is -0.349 e. The van der Waals surface area contributed by atoms with E-state index in [4.69, 9.17) is 0 Å². The van der Waals surface area contributed by atoms with E-state index in [1.165, 1.54) is 5.57 Å². The number of allylic oxidation sites excluding steroid dienone is 1. The third-order valence-electron chi connectivity index (χ3n) is 3.10. The highest BCUT2D eigenvalue weighted by molar-refractivity contribution is 5.88. The Labute approximate surface area is 73.0 Å². The minimum absolute atomic E-state index is 0.0648. The molecule has 2 heteroatoms. The van der Waals surface area contributed by atoms with Crippen LogP contribution in [0.4, 0.5) is 0 Å². The van der Waals surface area contributed by atoms with Gasteiger partial charge in [0.1, 0.15) is 0 Å². The summed E-state index contributed by atoms with van der Waals surface area (Å²) in [4.78, 5) is 11.2. The second-order valence-corrected chi connectivity index (χ2v) is 4.43. The Hall–Kier alpha value is -0.790. The van der Waals surface area contributed by atoms with Crippen LogP contribution in [0.2, 0.25) is 0 Å². The zero-order valence-electron chi connectivity index (χ0n) is 7.85. The van der Waals surface area contributed by atoms with Crippen molar-refractivity contribution in [3.63, 3.8) is 0 Å². The van der Waals surface area contributed by atoms with Gasteiger partial charge in [-0.1, -0.05) is 18.6 Å². The molecule has 12 heavy (non-hydrogen) atoms. The molecule has 0 aromatic heterocycles. The van der Waals surface area contributed by atoms with Crippen molar-refractivity contribution in [2.24, 2.45) is 11.8 Å². The summed E-state index contributed by atoms with van der Waals surface area (Å²) in [7, 11) is 0. The monoisotopic (exact) mass is 165 g/mol. The van der Waals surface area contributed by atoms with Gasteiger partial charge in [-0.05, 0) is 26.2 Å². The van der Waals surface area contributed by atoms with Gasteiger partial charge < -0.3 is 5.32 Å². The second-order valence-electron chi connectivity index (χ2n) is 4.43. The van der Waals surface area contributed by atoms with Crippen molar-refractivity contribution in [2.75, 3.05) is 0 Å². The lowest BCUT2D eigenvalue weighted by Crippen LogP contribution is -2.70. The molecule has 1 aliphatic carbocycles. The molecule has 1 N–H and O–H groups in total. The molecule has 3 atom stereocenters. The maximum atomic E-state index is 11.2. The minimum atomic E-state index is 0.0648. The lowest BCUT2D eigenvalue weighted by molar-refractivity contribution is -0.143. The van der Waals surface area contributed by atoms with E-state index in [9.17, 15) is 4.79 Å². The fraction of sp³-hybridized carbons (Fsp3) is 0.700. The topological polar surface area (TPSA) is 29.1 Å². The van der Waals surface area contributed by atoms with E-state index in [1.54, 1.807) is 0 Å². The molecule has 2 nitrogen and oxygen atoms in total. The Morgan fingerprint density at radius 3 is 2.83 bits per heavy atom. The summed E-state index contributed by atoms with van der Waals surface area (Å²) in [5.74, 6) is 0.868. The van der Waals surface area contributed by atoms with Crippen molar-refractivity contribution in [2.45, 2.75) is 32.7 Å². The number of rotatable bonds is 0. The van der Waals surface area contributed by atoms with Crippen LogP contribution in [0.25, 0.3) is 0 Å². The molecule has 0 bridgehead atoms. The van der Waals surface area contributed by atoms with Gasteiger partial charge in [-0.3, -0.25) is 4.79 Å². The van der Waals surface area contributed by atoms with Crippen LogP contribution in [-0.2, 0) is 4.79 Å². The summed E-state index contributed by atoms with van der Waals surface area (Å²) in [5.41, 5.74) is 1.47. The highest BCUT2D eigenvalue weighted by Gasteiger charge is 2.53. The number of carbonyl (C=O) groups excluding carboxylic acids is 1. The van der Waals surface area contributed by atoms with E-state index in [1.807, 2.05) is 0 Å². The number of fused-ring (bicyclic) bond motifs is 1. The SMILES string of the molecule is CC1=CC(C)C2C(=O)NC2(C)C1. The lowest BCUT2D eigenvalue weighted by Gasteiger charge is -2.52. The molecule has 0 saturated carbocycles. The standard InChI is InChI=1S/C10H15NO/c1-6-4-7(2)8-9(12)11-10(8,3)5-6/h4,7-8H,5H2,1-3H3,(H,11,12). The number of β-lactam (4-membered cyclic amide) rings is 1. The second kappa shape index (κ2) is 2.12. The van der Waals surface area contributed by atoms with Crippen molar-refractivity contribution < 1.29 is 4.79 Å². The van der Waals surface area contributed by atoms with Crippen LogP contribution in [0.3, 0.4) is 0 Å². The zero-order chi connectivity index (χ0) is 8.93. The Morgan fingerprint density at radius 2 is 2.33 bits per heavy atom. The first-order valence-corrected chi connectivity index (χ1v) is 4.52. The maximum absolute atomic E-state index is 11.2. The molecule has 2 rings (SSSR count). The van der Waals surface area contributed by atoms with Gasteiger partial charge in [0.25, 0.3) is 0 Å². The molecule has 0 radical (unpaired) electrons. The molecule has 0 spiro atoms. The van der Waals surface area contributed by atoms with Crippen molar-refractivity contribution in [3.05, 3.63) is 11.6 Å². The Morgan fingerprint density at radius 1 is 1.67 bits per heavy atom. The predicted molar refractivity (Wildman–Crippen MR) is 47.6 cm³/mol. The lowest BCUT2D eigenvalue weighted by atomic mass is 9.64. The van der Waals surface area contributed by atoms with Crippen LogP contribution in [0.5, 0.6) is 0 Å². The Balaban J connectivity index is 2.31. The highest BCUT2D eigenvalue weighted by atomic mass is 16.2. The molecule has 2 aliphatic rings. The summed E-state index contributed by atoms with van der Waals surface area (Å²) >= 11 is 0. The quantitative estimate of drug-likeness (QED) is 0.427. The fourth-order valence-corrected chi connectivity index (χ4v) is 2.80. The molecule has 1 aliphatic heterocycles. The van der Waals surface area contributed by atoms with Gasteiger partial charge in [0, 0.05) is 0 Å². The normalized spacial score (nSPS) is 45.6. The van der Waals surface area contributed by atoms with Gasteiger partial charge in [0.15, 0.2) is 0 Å². The van der Waals surface area contributed by atoms with Crippen molar-refractivity contribution in [1.29, 1.82) is 0 Å². The molecular formula is C10H15NO. The van der Waals surface area contributed by atoms with E-state index in [0.717, 1.165) is 6.42 Å². The summed E-state index contributed by atoms with van der Waals surface area (Å²) < 4.78 is 0. The molecule has 1 saturated heterocycles. The van der Waals surface area contributed by atoms with Crippen molar-refractivity contribution in [3.8, 4) is 0 Å². The number of amides is 1. The van der Waals surface area contributed by atoms with Gasteiger partial charge in [0.05, 0.1) is 11.5 Å². The number of hydrogen-bond acceptors (Lipinski definition) is 1. The first kappa shape index (κ1) is 7.84. The first-order valence-electron chi connectivity index (χ1n) is 4.52. The highest BCUT2D eigenvalue weighted by Crippen LogP contribution is 2.42. The van der Waals surface area contributed by atoms with Crippen molar-refractivity contribution >= 4 is 5.91 Å². The van der Waals surface area contributed by atoms with Gasteiger partial charge in [-0.15, -0.1) is 0 Å². The zero-order valence-corrected chi connectivity index (χ0v) is 7.85. The third-order valence-corrected chi connectivity index (χ3v) is 3.10. The Bertz CT molecular complexity index is 269. The van der Waals surface area contributed by atoms with Crippen LogP contribution in [0.1, 0.15) is 27.2 Å². The van der Waals surface area contributed by atoms with Crippen LogP contribution in [0, 0.1) is 11.8 Å². The van der Waals surface area contributed by atoms with Gasteiger partial charge in [-0.25, -0.2) is 0 Å². The molecule has 1 heterocycles. The Kier molecular flexibility index (Phi) is 1.39. The van der Waals surface area contributed by atoms with Crippen molar-refractivity contribution in [1.82, 2.24) is 5.32 Å². The molecular weight excluding hydrogens is 150 g/mol. The number of nitrogens with one attached hydrogen (secondary N) is 1. The molecule has 0 aromatic rings. The van der Waals surface area contributed by atoms with E-state index >= 15 is 0 Å². The van der Waals surface area contributed by atoms with Crippen LogP contribution < -0.4 is 5.32 Å². The molecule has 3 unspecified atom stereocenters. The van der Waals surface area contributed by atoms with Crippen LogP contribution in [-0.4, -0.2) is 11.4 Å². The smallest absolute Gasteiger partial charge is 0.226 e. The van der Waals surface area contributed by atoms with E-state index in [0.29, 0.717) is 5.92 Å². The van der Waals surface area contributed by atoms with E-state index in [-0.39, 0.29) is 17.4 Å². The van der Waals surface area contributed by atoms with Gasteiger partial charge >= 0.3 is 0 Å².